The number of amides is 1. The molecule has 0 aromatic heterocycles. The number of nitrogens with zero attached hydrogens (tertiary/aromatic N) is 1. The lowest BCUT2D eigenvalue weighted by Crippen LogP contribution is -2.34. The summed E-state index contributed by atoms with van der Waals surface area (Å²) in [5, 5.41) is 5.70. The van der Waals surface area contributed by atoms with Crippen LogP contribution in [0.4, 0.5) is 5.69 Å². The maximum absolute atomic E-state index is 12.9. The van der Waals surface area contributed by atoms with E-state index < -0.39 is 10.0 Å². The van der Waals surface area contributed by atoms with Gasteiger partial charge in [-0.2, -0.15) is 4.31 Å². The third-order valence-electron chi connectivity index (χ3n) is 5.62. The molecule has 1 aliphatic rings. The molecule has 1 amide bonds. The van der Waals surface area contributed by atoms with Crippen molar-refractivity contribution >= 4 is 38.9 Å². The van der Waals surface area contributed by atoms with Gasteiger partial charge in [0, 0.05) is 24.3 Å². The Kier molecular flexibility index (Phi) is 9.44. The number of carbonyl (C=O) groups is 1. The van der Waals surface area contributed by atoms with E-state index in [1.165, 1.54) is 0 Å². The first-order valence-electron chi connectivity index (χ1n) is 11.7. The minimum absolute atomic E-state index is 0.130. The van der Waals surface area contributed by atoms with Gasteiger partial charge in [0.25, 0.3) is 5.91 Å². The lowest BCUT2D eigenvalue weighted by atomic mass is 10.1. The average molecular weight is 504 g/mol. The summed E-state index contributed by atoms with van der Waals surface area (Å²) in [5.74, 6) is 0.943. The molecule has 1 aliphatic heterocycles. The smallest absolute Gasteiger partial charge is 0.257 e. The highest BCUT2D eigenvalue weighted by Crippen LogP contribution is 2.22. The normalized spacial score (nSPS) is 14.9. The number of rotatable bonds is 8. The Morgan fingerprint density at radius 2 is 1.62 bits per heavy atom. The number of hydrogen-bond acceptors (Lipinski definition) is 5. The van der Waals surface area contributed by atoms with Gasteiger partial charge in [-0.05, 0) is 85.9 Å². The van der Waals surface area contributed by atoms with Crippen molar-refractivity contribution in [2.75, 3.05) is 25.0 Å². The van der Waals surface area contributed by atoms with Crippen molar-refractivity contribution in [1.29, 1.82) is 0 Å². The fourth-order valence-electron chi connectivity index (χ4n) is 3.59. The van der Waals surface area contributed by atoms with Crippen LogP contribution in [0.25, 0.3) is 0 Å². The van der Waals surface area contributed by atoms with Gasteiger partial charge in [-0.15, -0.1) is 0 Å². The molecule has 0 spiro atoms. The number of carbonyl (C=O) groups excluding carboxylic acids is 1. The van der Waals surface area contributed by atoms with E-state index in [0.29, 0.717) is 42.6 Å². The Labute approximate surface area is 207 Å². The first kappa shape index (κ1) is 26.1. The quantitative estimate of drug-likeness (QED) is 0.503. The average Bonchev–Trinajstić information content (AvgIpc) is 3.10. The molecule has 3 rings (SSSR count). The Hall–Kier alpha value is -2.49. The molecule has 0 atom stereocenters. The second kappa shape index (κ2) is 12.3. The molecule has 9 heteroatoms. The minimum atomic E-state index is -3.51. The summed E-state index contributed by atoms with van der Waals surface area (Å²) in [6, 6.07) is 13.3. The molecule has 2 N–H and O–H groups in total. The number of nitrogens with one attached hydrogen (secondary N) is 2. The third-order valence-corrected chi connectivity index (χ3v) is 7.74. The molecule has 1 saturated heterocycles. The molecule has 0 unspecified atom stereocenters. The van der Waals surface area contributed by atoms with Crippen molar-refractivity contribution in [2.45, 2.75) is 50.8 Å². The zero-order valence-electron chi connectivity index (χ0n) is 19.7. The topological polar surface area (TPSA) is 87.7 Å². The fourth-order valence-corrected chi connectivity index (χ4v) is 5.32. The van der Waals surface area contributed by atoms with Crippen molar-refractivity contribution in [3.8, 4) is 5.75 Å². The molecule has 2 aromatic carbocycles. The first-order valence-corrected chi connectivity index (χ1v) is 13.6. The van der Waals surface area contributed by atoms with E-state index in [2.05, 4.69) is 24.5 Å². The van der Waals surface area contributed by atoms with Crippen LogP contribution in [0, 0.1) is 5.92 Å². The number of thiocarbonyl (C=S) groups is 1. The van der Waals surface area contributed by atoms with Crippen LogP contribution in [0.1, 0.15) is 56.3 Å². The largest absolute Gasteiger partial charge is 0.494 e. The molecule has 7 nitrogen and oxygen atoms in total. The SMILES string of the molecule is CC(C)CCOc1ccc(C(=O)NC(=S)Nc2ccc(S(=O)(=O)N3CCCCCC3)cc2)cc1. The molecule has 184 valence electrons. The maximum atomic E-state index is 12.9. The van der Waals surface area contributed by atoms with Gasteiger partial charge < -0.3 is 10.1 Å². The van der Waals surface area contributed by atoms with Gasteiger partial charge in [0.05, 0.1) is 11.5 Å². The highest BCUT2D eigenvalue weighted by molar-refractivity contribution is 7.89. The minimum Gasteiger partial charge on any atom is -0.494 e. The van der Waals surface area contributed by atoms with Crippen molar-refractivity contribution in [2.24, 2.45) is 5.92 Å². The van der Waals surface area contributed by atoms with Crippen molar-refractivity contribution in [3.63, 3.8) is 0 Å². The van der Waals surface area contributed by atoms with Crippen LogP contribution < -0.4 is 15.4 Å². The number of hydrogen-bond donors (Lipinski definition) is 2. The van der Waals surface area contributed by atoms with Crippen LogP contribution in [0.3, 0.4) is 0 Å². The molecule has 1 fully saturated rings. The van der Waals surface area contributed by atoms with Crippen LogP contribution in [0.2, 0.25) is 0 Å². The number of sulfonamides is 1. The molecule has 0 bridgehead atoms. The lowest BCUT2D eigenvalue weighted by molar-refractivity contribution is 0.0977. The molecule has 0 radical (unpaired) electrons. The van der Waals surface area contributed by atoms with Gasteiger partial charge in [-0.25, -0.2) is 8.42 Å². The summed E-state index contributed by atoms with van der Waals surface area (Å²) in [5.41, 5.74) is 1.05. The van der Waals surface area contributed by atoms with Gasteiger partial charge in [0.2, 0.25) is 10.0 Å². The van der Waals surface area contributed by atoms with E-state index in [9.17, 15) is 13.2 Å². The van der Waals surface area contributed by atoms with Crippen LogP contribution >= 0.6 is 12.2 Å². The van der Waals surface area contributed by atoms with E-state index >= 15 is 0 Å². The van der Waals surface area contributed by atoms with Crippen molar-refractivity contribution in [1.82, 2.24) is 9.62 Å². The lowest BCUT2D eigenvalue weighted by Gasteiger charge is -2.20. The predicted molar refractivity (Wildman–Crippen MR) is 139 cm³/mol. The second-order valence-corrected chi connectivity index (χ2v) is 11.2. The van der Waals surface area contributed by atoms with Crippen molar-refractivity contribution < 1.29 is 17.9 Å². The molecular weight excluding hydrogens is 470 g/mol. The zero-order chi connectivity index (χ0) is 24.6. The molecule has 2 aromatic rings. The van der Waals surface area contributed by atoms with Gasteiger partial charge in [-0.3, -0.25) is 10.1 Å². The Morgan fingerprint density at radius 3 is 2.21 bits per heavy atom. The van der Waals surface area contributed by atoms with Gasteiger partial charge in [-0.1, -0.05) is 26.7 Å². The van der Waals surface area contributed by atoms with E-state index in [1.54, 1.807) is 52.8 Å². The van der Waals surface area contributed by atoms with Crippen LogP contribution in [0.5, 0.6) is 5.75 Å². The van der Waals surface area contributed by atoms with Crippen LogP contribution in [-0.2, 0) is 10.0 Å². The summed E-state index contributed by atoms with van der Waals surface area (Å²) in [6.45, 7) is 6.03. The fraction of sp³-hybridized carbons (Fsp3) is 0.440. The molecular formula is C25H33N3O4S2. The van der Waals surface area contributed by atoms with Gasteiger partial charge in [0.15, 0.2) is 5.11 Å². The third kappa shape index (κ3) is 7.51. The van der Waals surface area contributed by atoms with Crippen LogP contribution in [0.15, 0.2) is 53.4 Å². The maximum Gasteiger partial charge on any atom is 0.257 e. The Balaban J connectivity index is 1.53. The summed E-state index contributed by atoms with van der Waals surface area (Å²) in [4.78, 5) is 12.7. The monoisotopic (exact) mass is 503 g/mol. The van der Waals surface area contributed by atoms with E-state index in [4.69, 9.17) is 17.0 Å². The predicted octanol–water partition coefficient (Wildman–Crippen LogP) is 4.80. The Morgan fingerprint density at radius 1 is 1.00 bits per heavy atom. The number of benzene rings is 2. The van der Waals surface area contributed by atoms with E-state index in [-0.39, 0.29) is 15.9 Å². The standard InChI is InChI=1S/C25H33N3O4S2/c1-19(2)15-18-32-22-11-7-20(8-12-22)24(29)27-25(33)26-21-9-13-23(14-10-21)34(30,31)28-16-5-3-4-6-17-28/h7-14,19H,3-6,15-18H2,1-2H3,(H2,26,27,29,33). The number of anilines is 1. The molecule has 0 aliphatic carbocycles. The van der Waals surface area contributed by atoms with E-state index in [0.717, 1.165) is 32.1 Å². The van der Waals surface area contributed by atoms with E-state index in [1.807, 2.05) is 0 Å². The summed E-state index contributed by atoms with van der Waals surface area (Å²) in [6.07, 6.45) is 4.87. The number of ether oxygens (including phenoxy) is 1. The van der Waals surface area contributed by atoms with Crippen molar-refractivity contribution in [3.05, 3.63) is 54.1 Å². The second-order valence-electron chi connectivity index (χ2n) is 8.81. The molecule has 34 heavy (non-hydrogen) atoms. The van der Waals surface area contributed by atoms with Gasteiger partial charge >= 0.3 is 0 Å². The zero-order valence-corrected chi connectivity index (χ0v) is 21.4. The molecule has 0 saturated carbocycles. The summed E-state index contributed by atoms with van der Waals surface area (Å²) >= 11 is 5.25. The highest BCUT2D eigenvalue weighted by atomic mass is 32.2. The van der Waals surface area contributed by atoms with Gasteiger partial charge in [0.1, 0.15) is 5.75 Å². The van der Waals surface area contributed by atoms with Crippen LogP contribution in [-0.4, -0.2) is 43.4 Å². The first-order chi connectivity index (χ1) is 16.3. The summed E-state index contributed by atoms with van der Waals surface area (Å²) < 4.78 is 33.0. The summed E-state index contributed by atoms with van der Waals surface area (Å²) in [7, 11) is -3.51. The molecule has 1 heterocycles. The highest BCUT2D eigenvalue weighted by Gasteiger charge is 2.25. The Bertz CT molecular complexity index is 1060.